The van der Waals surface area contributed by atoms with Crippen LogP contribution in [0.25, 0.3) is 0 Å². The molecule has 0 saturated carbocycles. The van der Waals surface area contributed by atoms with Crippen molar-refractivity contribution in [3.63, 3.8) is 0 Å². The highest BCUT2D eigenvalue weighted by Crippen LogP contribution is 2.25. The van der Waals surface area contributed by atoms with E-state index in [9.17, 15) is 9.90 Å². The van der Waals surface area contributed by atoms with Crippen LogP contribution in [-0.2, 0) is 11.2 Å². The molecule has 1 aromatic carbocycles. The number of phenolic OH excluding ortho intramolecular Hbond substituents is 1. The molecule has 1 rings (SSSR count). The first kappa shape index (κ1) is 13.3. The van der Waals surface area contributed by atoms with Crippen LogP contribution in [0.4, 0.5) is 0 Å². The molecule has 0 amide bonds. The van der Waals surface area contributed by atoms with Crippen molar-refractivity contribution in [3.05, 3.63) is 53.6 Å². The van der Waals surface area contributed by atoms with Crippen LogP contribution in [0.1, 0.15) is 15.9 Å². The summed E-state index contributed by atoms with van der Waals surface area (Å²) in [6.45, 7) is 7.08. The summed E-state index contributed by atoms with van der Waals surface area (Å²) in [6, 6.07) is 4.81. The molecule has 0 aliphatic heterocycles. The van der Waals surface area contributed by atoms with Crippen molar-refractivity contribution < 1.29 is 14.6 Å². The SMILES string of the molecule is C=CCOC(=O)c1cccc(CC(=C)Cl)c1O. The Morgan fingerprint density at radius 3 is 2.82 bits per heavy atom. The van der Waals surface area contributed by atoms with Crippen LogP contribution in [0.15, 0.2) is 42.5 Å². The number of allylic oxidation sites excluding steroid dienone is 1. The Balaban J connectivity index is 2.97. The zero-order valence-corrected chi connectivity index (χ0v) is 10.0. The van der Waals surface area contributed by atoms with Gasteiger partial charge in [0.1, 0.15) is 17.9 Å². The van der Waals surface area contributed by atoms with Gasteiger partial charge in [0.15, 0.2) is 0 Å². The minimum Gasteiger partial charge on any atom is -0.507 e. The molecule has 0 spiro atoms. The van der Waals surface area contributed by atoms with Gasteiger partial charge in [-0.05, 0) is 6.07 Å². The molecule has 0 heterocycles. The van der Waals surface area contributed by atoms with Crippen molar-refractivity contribution in [2.45, 2.75) is 6.42 Å². The number of para-hydroxylation sites is 1. The predicted octanol–water partition coefficient (Wildman–Crippen LogP) is 3.03. The zero-order chi connectivity index (χ0) is 12.8. The van der Waals surface area contributed by atoms with Crippen molar-refractivity contribution in [2.24, 2.45) is 0 Å². The number of hydrogen-bond donors (Lipinski definition) is 1. The fourth-order valence-electron chi connectivity index (χ4n) is 1.32. The van der Waals surface area contributed by atoms with Crippen LogP contribution >= 0.6 is 11.6 Å². The number of aromatic hydroxyl groups is 1. The summed E-state index contributed by atoms with van der Waals surface area (Å²) < 4.78 is 4.85. The first-order valence-corrected chi connectivity index (χ1v) is 5.36. The lowest BCUT2D eigenvalue weighted by molar-refractivity contribution is 0.0546. The molecular formula is C13H13ClO3. The standard InChI is InChI=1S/C13H13ClO3/c1-3-7-17-13(16)11-6-4-5-10(12(11)15)8-9(2)14/h3-6,15H,1-2,7-8H2. The van der Waals surface area contributed by atoms with Crippen LogP contribution in [0.3, 0.4) is 0 Å². The molecule has 0 radical (unpaired) electrons. The van der Waals surface area contributed by atoms with E-state index in [2.05, 4.69) is 13.2 Å². The van der Waals surface area contributed by atoms with E-state index in [0.717, 1.165) is 0 Å². The van der Waals surface area contributed by atoms with E-state index < -0.39 is 5.97 Å². The molecule has 90 valence electrons. The fourth-order valence-corrected chi connectivity index (χ4v) is 1.46. The van der Waals surface area contributed by atoms with Gasteiger partial charge in [0.05, 0.1) is 0 Å². The molecule has 0 fully saturated rings. The van der Waals surface area contributed by atoms with E-state index in [-0.39, 0.29) is 17.9 Å². The summed E-state index contributed by atoms with van der Waals surface area (Å²) in [6.07, 6.45) is 1.76. The number of ether oxygens (including phenoxy) is 1. The van der Waals surface area contributed by atoms with E-state index in [4.69, 9.17) is 16.3 Å². The number of halogens is 1. The van der Waals surface area contributed by atoms with Crippen molar-refractivity contribution >= 4 is 17.6 Å². The van der Waals surface area contributed by atoms with E-state index >= 15 is 0 Å². The van der Waals surface area contributed by atoms with E-state index in [1.165, 1.54) is 12.1 Å². The highest BCUT2D eigenvalue weighted by atomic mass is 35.5. The third-order valence-electron chi connectivity index (χ3n) is 2.05. The maximum absolute atomic E-state index is 11.6. The van der Waals surface area contributed by atoms with Crippen molar-refractivity contribution in [2.75, 3.05) is 6.61 Å². The minimum atomic E-state index is -0.593. The van der Waals surface area contributed by atoms with Gasteiger partial charge in [-0.1, -0.05) is 43.0 Å². The van der Waals surface area contributed by atoms with Gasteiger partial charge in [-0.25, -0.2) is 4.79 Å². The summed E-state index contributed by atoms with van der Waals surface area (Å²) in [5.41, 5.74) is 0.653. The van der Waals surface area contributed by atoms with E-state index in [1.54, 1.807) is 12.1 Å². The van der Waals surface area contributed by atoms with Gasteiger partial charge in [-0.3, -0.25) is 0 Å². The van der Waals surface area contributed by atoms with Gasteiger partial charge < -0.3 is 9.84 Å². The highest BCUT2D eigenvalue weighted by Gasteiger charge is 2.15. The molecule has 0 unspecified atom stereocenters. The molecule has 0 aliphatic rings. The quantitative estimate of drug-likeness (QED) is 0.647. The van der Waals surface area contributed by atoms with Gasteiger partial charge >= 0.3 is 5.97 Å². The number of carbonyl (C=O) groups is 1. The number of hydrogen-bond acceptors (Lipinski definition) is 3. The Bertz CT molecular complexity index is 452. The first-order chi connectivity index (χ1) is 8.06. The summed E-state index contributed by atoms with van der Waals surface area (Å²) >= 11 is 5.66. The van der Waals surface area contributed by atoms with Crippen LogP contribution < -0.4 is 0 Å². The van der Waals surface area contributed by atoms with E-state index in [0.29, 0.717) is 17.0 Å². The maximum atomic E-state index is 11.6. The average molecular weight is 253 g/mol. The Morgan fingerprint density at radius 1 is 1.53 bits per heavy atom. The minimum absolute atomic E-state index is 0.102. The number of esters is 1. The molecule has 0 aliphatic carbocycles. The second-order valence-corrected chi connectivity index (χ2v) is 3.93. The molecule has 4 heteroatoms. The van der Waals surface area contributed by atoms with Crippen molar-refractivity contribution in [1.29, 1.82) is 0 Å². The monoisotopic (exact) mass is 252 g/mol. The van der Waals surface area contributed by atoms with Crippen LogP contribution in [0, 0.1) is 0 Å². The van der Waals surface area contributed by atoms with Gasteiger partial charge in [0.2, 0.25) is 0 Å². The molecule has 1 aromatic rings. The Kier molecular flexibility index (Phi) is 4.79. The molecule has 3 nitrogen and oxygen atoms in total. The smallest absolute Gasteiger partial charge is 0.342 e. The van der Waals surface area contributed by atoms with Gasteiger partial charge in [0, 0.05) is 17.0 Å². The van der Waals surface area contributed by atoms with E-state index in [1.807, 2.05) is 0 Å². The Labute approximate surface area is 105 Å². The first-order valence-electron chi connectivity index (χ1n) is 4.98. The second-order valence-electron chi connectivity index (χ2n) is 3.39. The molecule has 0 bridgehead atoms. The van der Waals surface area contributed by atoms with Crippen LogP contribution in [0.5, 0.6) is 5.75 Å². The maximum Gasteiger partial charge on any atom is 0.342 e. The van der Waals surface area contributed by atoms with Crippen molar-refractivity contribution in [3.8, 4) is 5.75 Å². The third-order valence-corrected chi connectivity index (χ3v) is 2.19. The van der Waals surface area contributed by atoms with Crippen molar-refractivity contribution in [1.82, 2.24) is 0 Å². The average Bonchev–Trinajstić information content (AvgIpc) is 2.28. The fraction of sp³-hybridized carbons (Fsp3) is 0.154. The zero-order valence-electron chi connectivity index (χ0n) is 9.28. The number of benzene rings is 1. The lowest BCUT2D eigenvalue weighted by Gasteiger charge is -2.08. The third kappa shape index (κ3) is 3.64. The Morgan fingerprint density at radius 2 is 2.24 bits per heavy atom. The molecule has 17 heavy (non-hydrogen) atoms. The predicted molar refractivity (Wildman–Crippen MR) is 67.3 cm³/mol. The van der Waals surface area contributed by atoms with Crippen LogP contribution in [0.2, 0.25) is 0 Å². The molecule has 0 atom stereocenters. The summed E-state index contributed by atoms with van der Waals surface area (Å²) in [7, 11) is 0. The summed E-state index contributed by atoms with van der Waals surface area (Å²) in [5.74, 6) is -0.715. The summed E-state index contributed by atoms with van der Waals surface area (Å²) in [5, 5.41) is 10.3. The largest absolute Gasteiger partial charge is 0.507 e. The normalized spacial score (nSPS) is 9.71. The number of phenols is 1. The molecule has 0 saturated heterocycles. The summed E-state index contributed by atoms with van der Waals surface area (Å²) in [4.78, 5) is 11.6. The van der Waals surface area contributed by atoms with Gasteiger partial charge in [-0.15, -0.1) is 0 Å². The molecule has 1 N–H and O–H groups in total. The topological polar surface area (TPSA) is 46.5 Å². The number of carbonyl (C=O) groups excluding carboxylic acids is 1. The lowest BCUT2D eigenvalue weighted by Crippen LogP contribution is -2.06. The number of rotatable bonds is 5. The molecular weight excluding hydrogens is 240 g/mol. The second kappa shape index (κ2) is 6.11. The lowest BCUT2D eigenvalue weighted by atomic mass is 10.1. The van der Waals surface area contributed by atoms with Crippen LogP contribution in [-0.4, -0.2) is 17.7 Å². The Hall–Kier alpha value is -1.74. The van der Waals surface area contributed by atoms with Gasteiger partial charge in [-0.2, -0.15) is 0 Å². The van der Waals surface area contributed by atoms with Gasteiger partial charge in [0.25, 0.3) is 0 Å². The highest BCUT2D eigenvalue weighted by molar-refractivity contribution is 6.29. The molecule has 0 aromatic heterocycles.